The summed E-state index contributed by atoms with van der Waals surface area (Å²) in [5, 5.41) is 17.8. The van der Waals surface area contributed by atoms with E-state index in [0.717, 1.165) is 25.9 Å². The van der Waals surface area contributed by atoms with E-state index in [0.29, 0.717) is 29.9 Å². The average molecular weight is 378 g/mol. The highest BCUT2D eigenvalue weighted by Gasteiger charge is 2.53. The molecule has 2 aliphatic carbocycles. The van der Waals surface area contributed by atoms with Crippen LogP contribution in [-0.2, 0) is 10.4 Å². The number of nitrogens with one attached hydrogen (secondary N) is 2. The third kappa shape index (κ3) is 3.49. The van der Waals surface area contributed by atoms with Gasteiger partial charge in [-0.2, -0.15) is 0 Å². The molecule has 1 aromatic carbocycles. The van der Waals surface area contributed by atoms with Crippen LogP contribution >= 0.6 is 0 Å². The summed E-state index contributed by atoms with van der Waals surface area (Å²) < 4.78 is 27.7. The molecule has 3 aliphatic rings. The van der Waals surface area contributed by atoms with E-state index >= 15 is 0 Å². The van der Waals surface area contributed by atoms with Gasteiger partial charge in [0.1, 0.15) is 0 Å². The summed E-state index contributed by atoms with van der Waals surface area (Å²) in [5.74, 6) is -2.63. The SMILES string of the molecule is O=C(NCC1C2CCC1CNC2)[C@](O)(c1ccccc1)[C@@H]1CCC(F)(F)C1. The smallest absolute Gasteiger partial charge is 0.256 e. The van der Waals surface area contributed by atoms with Crippen LogP contribution in [-0.4, -0.2) is 36.6 Å². The number of halogens is 2. The topological polar surface area (TPSA) is 61.4 Å². The van der Waals surface area contributed by atoms with Crippen LogP contribution in [0.3, 0.4) is 0 Å². The molecule has 27 heavy (non-hydrogen) atoms. The molecule has 2 unspecified atom stereocenters. The molecule has 6 heteroatoms. The Bertz CT molecular complexity index is 668. The second-order valence-corrected chi connectivity index (χ2v) is 8.56. The predicted molar refractivity (Wildman–Crippen MR) is 98.2 cm³/mol. The molecule has 4 nitrogen and oxygen atoms in total. The molecular weight excluding hydrogens is 350 g/mol. The van der Waals surface area contributed by atoms with Gasteiger partial charge in [0, 0.05) is 25.3 Å². The monoisotopic (exact) mass is 378 g/mol. The maximum absolute atomic E-state index is 13.8. The van der Waals surface area contributed by atoms with E-state index in [9.17, 15) is 18.7 Å². The zero-order valence-corrected chi connectivity index (χ0v) is 15.5. The largest absolute Gasteiger partial charge is 0.375 e. The molecule has 1 amide bonds. The summed E-state index contributed by atoms with van der Waals surface area (Å²) in [6, 6.07) is 8.56. The summed E-state index contributed by atoms with van der Waals surface area (Å²) in [7, 11) is 0. The molecule has 1 saturated heterocycles. The van der Waals surface area contributed by atoms with Gasteiger partial charge < -0.3 is 15.7 Å². The maximum Gasteiger partial charge on any atom is 0.256 e. The number of carbonyl (C=O) groups is 1. The molecule has 2 bridgehead atoms. The number of hydrogen-bond acceptors (Lipinski definition) is 3. The van der Waals surface area contributed by atoms with Crippen LogP contribution in [0.1, 0.15) is 37.7 Å². The number of piperidine rings is 1. The van der Waals surface area contributed by atoms with Crippen molar-refractivity contribution in [1.29, 1.82) is 0 Å². The van der Waals surface area contributed by atoms with Crippen molar-refractivity contribution < 1.29 is 18.7 Å². The van der Waals surface area contributed by atoms with E-state index in [4.69, 9.17) is 0 Å². The zero-order chi connectivity index (χ0) is 19.1. The summed E-state index contributed by atoms with van der Waals surface area (Å²) in [6.45, 7) is 2.44. The molecule has 2 saturated carbocycles. The second-order valence-electron chi connectivity index (χ2n) is 8.56. The Balaban J connectivity index is 1.53. The first-order valence-electron chi connectivity index (χ1n) is 10.0. The lowest BCUT2D eigenvalue weighted by Gasteiger charge is -2.35. The number of alkyl halides is 2. The fraction of sp³-hybridized carbons (Fsp3) is 0.667. The Morgan fingerprint density at radius 2 is 1.85 bits per heavy atom. The van der Waals surface area contributed by atoms with Crippen molar-refractivity contribution in [2.45, 2.75) is 43.6 Å². The molecule has 3 fully saturated rings. The van der Waals surface area contributed by atoms with Gasteiger partial charge in [-0.05, 0) is 55.7 Å². The third-order valence-electron chi connectivity index (χ3n) is 6.99. The van der Waals surface area contributed by atoms with Crippen molar-refractivity contribution in [1.82, 2.24) is 10.6 Å². The van der Waals surface area contributed by atoms with E-state index in [-0.39, 0.29) is 12.8 Å². The Morgan fingerprint density at radius 3 is 2.44 bits per heavy atom. The Labute approximate surface area is 158 Å². The van der Waals surface area contributed by atoms with Crippen LogP contribution in [0, 0.1) is 23.7 Å². The van der Waals surface area contributed by atoms with Crippen molar-refractivity contribution in [3.05, 3.63) is 35.9 Å². The van der Waals surface area contributed by atoms with E-state index in [1.54, 1.807) is 30.3 Å². The number of aliphatic hydroxyl groups is 1. The number of fused-ring (bicyclic) bond motifs is 2. The lowest BCUT2D eigenvalue weighted by Crippen LogP contribution is -2.52. The summed E-state index contributed by atoms with van der Waals surface area (Å²) in [4.78, 5) is 13.1. The highest BCUT2D eigenvalue weighted by molar-refractivity contribution is 5.86. The molecule has 0 aromatic heterocycles. The van der Waals surface area contributed by atoms with Crippen molar-refractivity contribution in [2.24, 2.45) is 23.7 Å². The minimum absolute atomic E-state index is 0.143. The number of rotatable bonds is 5. The van der Waals surface area contributed by atoms with Crippen molar-refractivity contribution in [3.63, 3.8) is 0 Å². The Hall–Kier alpha value is -1.53. The van der Waals surface area contributed by atoms with Gasteiger partial charge in [-0.3, -0.25) is 4.79 Å². The molecule has 0 spiro atoms. The molecule has 4 rings (SSSR count). The van der Waals surface area contributed by atoms with Crippen LogP contribution in [0.15, 0.2) is 30.3 Å². The van der Waals surface area contributed by atoms with Crippen LogP contribution in [0.2, 0.25) is 0 Å². The van der Waals surface area contributed by atoms with Crippen LogP contribution in [0.25, 0.3) is 0 Å². The number of benzene rings is 1. The number of amides is 1. The minimum atomic E-state index is -2.82. The molecule has 1 aliphatic heterocycles. The fourth-order valence-corrected chi connectivity index (χ4v) is 5.43. The normalized spacial score (nSPS) is 34.2. The van der Waals surface area contributed by atoms with E-state index in [1.165, 1.54) is 0 Å². The quantitative estimate of drug-likeness (QED) is 0.738. The highest BCUT2D eigenvalue weighted by Crippen LogP contribution is 2.47. The van der Waals surface area contributed by atoms with Gasteiger partial charge in [-0.1, -0.05) is 30.3 Å². The first kappa shape index (κ1) is 18.8. The summed E-state index contributed by atoms with van der Waals surface area (Å²) in [6.07, 6.45) is 1.74. The van der Waals surface area contributed by atoms with Gasteiger partial charge in [0.15, 0.2) is 5.60 Å². The van der Waals surface area contributed by atoms with Gasteiger partial charge in [0.25, 0.3) is 5.91 Å². The molecule has 148 valence electrons. The lowest BCUT2D eigenvalue weighted by molar-refractivity contribution is -0.149. The van der Waals surface area contributed by atoms with Crippen LogP contribution in [0.5, 0.6) is 0 Å². The predicted octanol–water partition coefficient (Wildman–Crippen LogP) is 2.67. The first-order valence-corrected chi connectivity index (χ1v) is 10.0. The molecule has 1 heterocycles. The second kappa shape index (κ2) is 7.13. The van der Waals surface area contributed by atoms with E-state index in [2.05, 4.69) is 10.6 Å². The number of hydrogen-bond donors (Lipinski definition) is 3. The van der Waals surface area contributed by atoms with Crippen molar-refractivity contribution >= 4 is 5.91 Å². The van der Waals surface area contributed by atoms with Gasteiger partial charge in [0.05, 0.1) is 0 Å². The Morgan fingerprint density at radius 1 is 1.19 bits per heavy atom. The van der Waals surface area contributed by atoms with Gasteiger partial charge in [0.2, 0.25) is 5.92 Å². The van der Waals surface area contributed by atoms with Crippen molar-refractivity contribution in [2.75, 3.05) is 19.6 Å². The molecule has 1 aromatic rings. The van der Waals surface area contributed by atoms with Gasteiger partial charge >= 0.3 is 0 Å². The molecule has 4 atom stereocenters. The van der Waals surface area contributed by atoms with E-state index in [1.807, 2.05) is 0 Å². The number of carbonyl (C=O) groups excluding carboxylic acids is 1. The third-order valence-corrected chi connectivity index (χ3v) is 6.99. The standard InChI is InChI=1S/C21H28F2N2O2/c22-20(23)9-8-17(10-20)21(27,16-4-2-1-3-5-16)19(26)25-13-18-14-6-7-15(18)12-24-11-14/h1-5,14-15,17-18,24,27H,6-13H2,(H,25,26)/t14?,15?,17-,18?,21+/m1/s1. The Kier molecular flexibility index (Phi) is 4.97. The van der Waals surface area contributed by atoms with Gasteiger partial charge in [-0.25, -0.2) is 8.78 Å². The zero-order valence-electron chi connectivity index (χ0n) is 15.5. The summed E-state index contributed by atoms with van der Waals surface area (Å²) >= 11 is 0. The summed E-state index contributed by atoms with van der Waals surface area (Å²) in [5.41, 5.74) is -1.51. The molecule has 0 radical (unpaired) electrons. The molecule has 3 N–H and O–H groups in total. The van der Waals surface area contributed by atoms with E-state index < -0.39 is 29.8 Å². The van der Waals surface area contributed by atoms with Crippen LogP contribution < -0.4 is 10.6 Å². The highest BCUT2D eigenvalue weighted by atomic mass is 19.3. The lowest BCUT2D eigenvalue weighted by atomic mass is 9.78. The minimum Gasteiger partial charge on any atom is -0.375 e. The average Bonchev–Trinajstić information content (AvgIpc) is 3.14. The van der Waals surface area contributed by atoms with Gasteiger partial charge in [-0.15, -0.1) is 0 Å². The fourth-order valence-electron chi connectivity index (χ4n) is 5.43. The molecular formula is C21H28F2N2O2. The first-order chi connectivity index (χ1) is 12.9. The van der Waals surface area contributed by atoms with Crippen LogP contribution in [0.4, 0.5) is 8.78 Å². The van der Waals surface area contributed by atoms with Crippen molar-refractivity contribution in [3.8, 4) is 0 Å². The maximum atomic E-state index is 13.8.